The van der Waals surface area contributed by atoms with Crippen LogP contribution < -0.4 is 0 Å². The van der Waals surface area contributed by atoms with Gasteiger partial charge in [0.25, 0.3) is 0 Å². The average molecular weight is 148 g/mol. The highest BCUT2D eigenvalue weighted by atomic mass is 16.5. The molecule has 0 fully saturated rings. The van der Waals surface area contributed by atoms with E-state index in [-0.39, 0.29) is 25.2 Å². The summed E-state index contributed by atoms with van der Waals surface area (Å²) in [7, 11) is 0. The van der Waals surface area contributed by atoms with E-state index in [1.165, 1.54) is 0 Å². The van der Waals surface area contributed by atoms with Crippen molar-refractivity contribution in [3.63, 3.8) is 0 Å². The van der Waals surface area contributed by atoms with E-state index < -0.39 is 0 Å². The lowest BCUT2D eigenvalue weighted by molar-refractivity contribution is -0.0266. The summed E-state index contributed by atoms with van der Waals surface area (Å²) in [4.78, 5) is 0. The summed E-state index contributed by atoms with van der Waals surface area (Å²) < 4.78 is 5.13. The van der Waals surface area contributed by atoms with Gasteiger partial charge in [-0.25, -0.2) is 0 Å². The van der Waals surface area contributed by atoms with Gasteiger partial charge in [-0.2, -0.15) is 0 Å². The molecule has 2 unspecified atom stereocenters. The summed E-state index contributed by atoms with van der Waals surface area (Å²) in [5.74, 6) is 0.0185. The van der Waals surface area contributed by atoms with Gasteiger partial charge in [0.1, 0.15) is 0 Å². The van der Waals surface area contributed by atoms with Crippen LogP contribution in [0.2, 0.25) is 0 Å². The van der Waals surface area contributed by atoms with E-state index >= 15 is 0 Å². The van der Waals surface area contributed by atoms with Crippen LogP contribution in [0.4, 0.5) is 0 Å². The average Bonchev–Trinajstić information content (AvgIpc) is 1.99. The maximum Gasteiger partial charge on any atom is 0.0852 e. The number of hydrogen-bond donors (Lipinski definition) is 2. The van der Waals surface area contributed by atoms with E-state index in [4.69, 9.17) is 14.9 Å². The lowest BCUT2D eigenvalue weighted by atomic mass is 10.1. The summed E-state index contributed by atoms with van der Waals surface area (Å²) in [5.41, 5.74) is 0. The predicted molar refractivity (Wildman–Crippen MR) is 38.7 cm³/mol. The predicted octanol–water partition coefficient (Wildman–Crippen LogP) is 0.0122. The summed E-state index contributed by atoms with van der Waals surface area (Å²) in [6.45, 7) is 4.33. The van der Waals surface area contributed by atoms with Crippen molar-refractivity contribution in [2.24, 2.45) is 5.92 Å². The first-order valence-electron chi connectivity index (χ1n) is 3.59. The van der Waals surface area contributed by atoms with Crippen molar-refractivity contribution in [3.05, 3.63) is 0 Å². The van der Waals surface area contributed by atoms with Gasteiger partial charge in [0, 0.05) is 19.1 Å². The van der Waals surface area contributed by atoms with E-state index in [2.05, 4.69) is 0 Å². The molecule has 0 aliphatic carbocycles. The van der Waals surface area contributed by atoms with Crippen LogP contribution in [0, 0.1) is 5.92 Å². The first-order valence-corrected chi connectivity index (χ1v) is 3.59. The minimum atomic E-state index is -0.213. The third-order valence-electron chi connectivity index (χ3n) is 1.48. The molecule has 0 aliphatic rings. The van der Waals surface area contributed by atoms with E-state index in [9.17, 15) is 0 Å². The molecule has 0 bridgehead atoms. The molecule has 0 radical (unpaired) electrons. The van der Waals surface area contributed by atoms with E-state index in [1.807, 2.05) is 13.8 Å². The minimum Gasteiger partial charge on any atom is -0.396 e. The van der Waals surface area contributed by atoms with Gasteiger partial charge in [-0.1, -0.05) is 6.92 Å². The standard InChI is InChI=1S/C7H16O3/c1-3-10-7(5-9)6(2)4-8/h6-9H,3-5H2,1-2H3. The summed E-state index contributed by atoms with van der Waals surface area (Å²) >= 11 is 0. The van der Waals surface area contributed by atoms with Gasteiger partial charge in [0.05, 0.1) is 12.7 Å². The zero-order valence-electron chi connectivity index (χ0n) is 6.58. The van der Waals surface area contributed by atoms with Crippen LogP contribution in [0.25, 0.3) is 0 Å². The maximum absolute atomic E-state index is 8.72. The summed E-state index contributed by atoms with van der Waals surface area (Å²) in [5, 5.41) is 17.4. The fourth-order valence-electron chi connectivity index (χ4n) is 0.729. The number of hydrogen-bond acceptors (Lipinski definition) is 3. The fourth-order valence-corrected chi connectivity index (χ4v) is 0.729. The Morgan fingerprint density at radius 1 is 1.30 bits per heavy atom. The van der Waals surface area contributed by atoms with Gasteiger partial charge in [-0.15, -0.1) is 0 Å². The molecular weight excluding hydrogens is 132 g/mol. The molecule has 0 spiro atoms. The Bertz CT molecular complexity index is 75.3. The van der Waals surface area contributed by atoms with Crippen molar-refractivity contribution in [1.82, 2.24) is 0 Å². The molecule has 10 heavy (non-hydrogen) atoms. The second-order valence-electron chi connectivity index (χ2n) is 2.34. The van der Waals surface area contributed by atoms with E-state index in [0.717, 1.165) is 0 Å². The molecule has 0 heterocycles. The van der Waals surface area contributed by atoms with Crippen LogP contribution >= 0.6 is 0 Å². The Balaban J connectivity index is 3.56. The molecule has 0 aliphatic heterocycles. The minimum absolute atomic E-state index is 0.0183. The van der Waals surface area contributed by atoms with Crippen LogP contribution in [0.5, 0.6) is 0 Å². The van der Waals surface area contributed by atoms with Crippen molar-refractivity contribution < 1.29 is 14.9 Å². The van der Waals surface area contributed by atoms with Crippen LogP contribution in [-0.2, 0) is 4.74 Å². The van der Waals surface area contributed by atoms with E-state index in [0.29, 0.717) is 6.61 Å². The number of ether oxygens (including phenoxy) is 1. The Kier molecular flexibility index (Phi) is 5.58. The monoisotopic (exact) mass is 148 g/mol. The molecule has 62 valence electrons. The first-order chi connectivity index (χ1) is 4.76. The summed E-state index contributed by atoms with van der Waals surface area (Å²) in [6, 6.07) is 0. The lowest BCUT2D eigenvalue weighted by Gasteiger charge is -2.19. The van der Waals surface area contributed by atoms with Crippen molar-refractivity contribution in [2.45, 2.75) is 20.0 Å². The molecule has 0 aromatic carbocycles. The molecule has 0 aromatic rings. The molecule has 0 aromatic heterocycles. The molecule has 2 atom stereocenters. The second kappa shape index (κ2) is 5.65. The van der Waals surface area contributed by atoms with Crippen LogP contribution in [0.15, 0.2) is 0 Å². The van der Waals surface area contributed by atoms with Gasteiger partial charge in [-0.3, -0.25) is 0 Å². The second-order valence-corrected chi connectivity index (χ2v) is 2.34. The van der Waals surface area contributed by atoms with Gasteiger partial charge < -0.3 is 14.9 Å². The Morgan fingerprint density at radius 3 is 2.20 bits per heavy atom. The van der Waals surface area contributed by atoms with E-state index in [1.54, 1.807) is 0 Å². The zero-order valence-corrected chi connectivity index (χ0v) is 6.58. The molecule has 2 N–H and O–H groups in total. The molecule has 0 saturated heterocycles. The highest BCUT2D eigenvalue weighted by molar-refractivity contribution is 4.63. The Hall–Kier alpha value is -0.120. The molecular formula is C7H16O3. The quantitative estimate of drug-likeness (QED) is 0.577. The Labute approximate surface area is 61.6 Å². The molecule has 0 amide bonds. The summed E-state index contributed by atoms with van der Waals surface area (Å²) in [6.07, 6.45) is -0.213. The number of rotatable bonds is 5. The molecule has 0 saturated carbocycles. The molecule has 3 heteroatoms. The van der Waals surface area contributed by atoms with Crippen LogP contribution in [0.3, 0.4) is 0 Å². The van der Waals surface area contributed by atoms with Gasteiger partial charge in [-0.05, 0) is 6.92 Å². The largest absolute Gasteiger partial charge is 0.396 e. The SMILES string of the molecule is CCOC(CO)C(C)CO. The highest BCUT2D eigenvalue weighted by Gasteiger charge is 2.14. The van der Waals surface area contributed by atoms with Crippen molar-refractivity contribution in [2.75, 3.05) is 19.8 Å². The van der Waals surface area contributed by atoms with Crippen molar-refractivity contribution >= 4 is 0 Å². The number of aliphatic hydroxyl groups is 2. The zero-order chi connectivity index (χ0) is 7.98. The van der Waals surface area contributed by atoms with Gasteiger partial charge >= 0.3 is 0 Å². The number of aliphatic hydroxyl groups excluding tert-OH is 2. The normalized spacial score (nSPS) is 16.8. The first kappa shape index (κ1) is 9.88. The van der Waals surface area contributed by atoms with Gasteiger partial charge in [0.2, 0.25) is 0 Å². The Morgan fingerprint density at radius 2 is 1.90 bits per heavy atom. The van der Waals surface area contributed by atoms with Crippen molar-refractivity contribution in [1.29, 1.82) is 0 Å². The van der Waals surface area contributed by atoms with Crippen molar-refractivity contribution in [3.8, 4) is 0 Å². The highest BCUT2D eigenvalue weighted by Crippen LogP contribution is 2.05. The smallest absolute Gasteiger partial charge is 0.0852 e. The van der Waals surface area contributed by atoms with Gasteiger partial charge in [0.15, 0.2) is 0 Å². The third kappa shape index (κ3) is 3.15. The molecule has 0 rings (SSSR count). The van der Waals surface area contributed by atoms with Crippen LogP contribution in [-0.4, -0.2) is 36.1 Å². The maximum atomic E-state index is 8.72. The fraction of sp³-hybridized carbons (Fsp3) is 1.00. The lowest BCUT2D eigenvalue weighted by Crippen LogP contribution is -2.28. The topological polar surface area (TPSA) is 49.7 Å². The third-order valence-corrected chi connectivity index (χ3v) is 1.48. The molecule has 3 nitrogen and oxygen atoms in total. The van der Waals surface area contributed by atoms with Crippen LogP contribution in [0.1, 0.15) is 13.8 Å².